The van der Waals surface area contributed by atoms with Gasteiger partial charge in [0.2, 0.25) is 0 Å². The van der Waals surface area contributed by atoms with Gasteiger partial charge in [0.25, 0.3) is 0 Å². The molecule has 0 aliphatic heterocycles. The van der Waals surface area contributed by atoms with Crippen LogP contribution in [0.1, 0.15) is 24.8 Å². The number of aryl methyl sites for hydroxylation is 1. The van der Waals surface area contributed by atoms with Crippen LogP contribution in [0, 0.1) is 24.2 Å². The molecule has 0 bridgehead atoms. The van der Waals surface area contributed by atoms with Gasteiger partial charge in [-0.25, -0.2) is 0 Å². The molecule has 1 aromatic carbocycles. The number of hydrogen-bond acceptors (Lipinski definition) is 2. The van der Waals surface area contributed by atoms with E-state index < -0.39 is 0 Å². The standard InChI is InChI=1S/C13H15ClN2/c1-9-4-2-6-11(14)13(9)16-12-7-3-5-10(12)8-15/h2,4,6,10,12,16H,3,5,7H2,1H3. The Morgan fingerprint density at radius 2 is 2.25 bits per heavy atom. The molecule has 1 aliphatic rings. The molecule has 1 N–H and O–H groups in total. The Hall–Kier alpha value is -1.20. The number of nitrogens with one attached hydrogen (secondary N) is 1. The minimum atomic E-state index is 0.121. The Morgan fingerprint density at radius 3 is 2.94 bits per heavy atom. The van der Waals surface area contributed by atoms with Gasteiger partial charge in [0.1, 0.15) is 0 Å². The monoisotopic (exact) mass is 234 g/mol. The van der Waals surface area contributed by atoms with Gasteiger partial charge in [-0.2, -0.15) is 5.26 Å². The second kappa shape index (κ2) is 4.76. The zero-order valence-corrected chi connectivity index (χ0v) is 10.1. The van der Waals surface area contributed by atoms with E-state index in [-0.39, 0.29) is 12.0 Å². The lowest BCUT2D eigenvalue weighted by molar-refractivity contribution is 0.629. The SMILES string of the molecule is Cc1cccc(Cl)c1NC1CCCC1C#N. The van der Waals surface area contributed by atoms with E-state index in [1.165, 1.54) is 0 Å². The minimum absolute atomic E-state index is 0.121. The van der Waals surface area contributed by atoms with Crippen molar-refractivity contribution in [3.05, 3.63) is 28.8 Å². The molecule has 1 aromatic rings. The second-order valence-electron chi connectivity index (χ2n) is 4.35. The van der Waals surface area contributed by atoms with Crippen molar-refractivity contribution in [2.75, 3.05) is 5.32 Å². The van der Waals surface area contributed by atoms with Crippen LogP contribution in [-0.2, 0) is 0 Å². The molecular formula is C13H15ClN2. The molecule has 0 heterocycles. The van der Waals surface area contributed by atoms with Gasteiger partial charge in [0, 0.05) is 6.04 Å². The molecule has 0 radical (unpaired) electrons. The first-order valence-corrected chi connectivity index (χ1v) is 6.01. The average Bonchev–Trinajstić information content (AvgIpc) is 2.71. The molecule has 84 valence electrons. The van der Waals surface area contributed by atoms with Crippen LogP contribution in [0.2, 0.25) is 5.02 Å². The maximum absolute atomic E-state index is 9.03. The van der Waals surface area contributed by atoms with E-state index in [4.69, 9.17) is 16.9 Å². The molecular weight excluding hydrogens is 220 g/mol. The lowest BCUT2D eigenvalue weighted by Gasteiger charge is -2.19. The molecule has 1 fully saturated rings. The summed E-state index contributed by atoms with van der Waals surface area (Å²) >= 11 is 6.15. The quantitative estimate of drug-likeness (QED) is 0.846. The third-order valence-electron chi connectivity index (χ3n) is 3.23. The van der Waals surface area contributed by atoms with Crippen molar-refractivity contribution >= 4 is 17.3 Å². The molecule has 2 unspecified atom stereocenters. The van der Waals surface area contributed by atoms with Crippen LogP contribution in [0.4, 0.5) is 5.69 Å². The van der Waals surface area contributed by atoms with Gasteiger partial charge in [-0.15, -0.1) is 0 Å². The number of rotatable bonds is 2. The highest BCUT2D eigenvalue weighted by molar-refractivity contribution is 6.33. The molecule has 0 aromatic heterocycles. The summed E-state index contributed by atoms with van der Waals surface area (Å²) in [6.07, 6.45) is 3.18. The third kappa shape index (κ3) is 2.15. The Morgan fingerprint density at radius 1 is 1.44 bits per heavy atom. The van der Waals surface area contributed by atoms with Crippen LogP contribution in [0.3, 0.4) is 0 Å². The summed E-state index contributed by atoms with van der Waals surface area (Å²) < 4.78 is 0. The topological polar surface area (TPSA) is 35.8 Å². The molecule has 0 spiro atoms. The van der Waals surface area contributed by atoms with E-state index in [0.717, 1.165) is 35.5 Å². The highest BCUT2D eigenvalue weighted by Gasteiger charge is 2.27. The van der Waals surface area contributed by atoms with E-state index in [1.807, 2.05) is 25.1 Å². The van der Waals surface area contributed by atoms with Gasteiger partial charge in [-0.3, -0.25) is 0 Å². The van der Waals surface area contributed by atoms with E-state index in [1.54, 1.807) is 0 Å². The fourth-order valence-electron chi connectivity index (χ4n) is 2.29. The summed E-state index contributed by atoms with van der Waals surface area (Å²) in [5.41, 5.74) is 2.12. The highest BCUT2D eigenvalue weighted by Crippen LogP contribution is 2.32. The van der Waals surface area contributed by atoms with Gasteiger partial charge in [0.05, 0.1) is 22.7 Å². The van der Waals surface area contributed by atoms with Gasteiger partial charge in [0.15, 0.2) is 0 Å². The number of hydrogen-bond donors (Lipinski definition) is 1. The van der Waals surface area contributed by atoms with E-state index >= 15 is 0 Å². The fraction of sp³-hybridized carbons (Fsp3) is 0.462. The largest absolute Gasteiger partial charge is 0.380 e. The summed E-state index contributed by atoms with van der Waals surface area (Å²) in [5.74, 6) is 0.121. The maximum atomic E-state index is 9.03. The first-order chi connectivity index (χ1) is 7.72. The van der Waals surface area contributed by atoms with Crippen LogP contribution in [0.25, 0.3) is 0 Å². The zero-order valence-electron chi connectivity index (χ0n) is 9.33. The van der Waals surface area contributed by atoms with Gasteiger partial charge in [-0.1, -0.05) is 23.7 Å². The molecule has 2 rings (SSSR count). The third-order valence-corrected chi connectivity index (χ3v) is 3.55. The predicted octanol–water partition coefficient (Wildman–Crippen LogP) is 3.75. The van der Waals surface area contributed by atoms with Crippen LogP contribution in [0.15, 0.2) is 18.2 Å². The molecule has 0 saturated heterocycles. The summed E-state index contributed by atoms with van der Waals surface area (Å²) in [6.45, 7) is 2.03. The van der Waals surface area contributed by atoms with Gasteiger partial charge >= 0.3 is 0 Å². The first-order valence-electron chi connectivity index (χ1n) is 5.63. The van der Waals surface area contributed by atoms with Crippen molar-refractivity contribution < 1.29 is 0 Å². The molecule has 2 nitrogen and oxygen atoms in total. The normalized spacial score (nSPS) is 24.1. The zero-order chi connectivity index (χ0) is 11.5. The Balaban J connectivity index is 2.18. The number of nitriles is 1. The number of anilines is 1. The average molecular weight is 235 g/mol. The van der Waals surface area contributed by atoms with E-state index in [2.05, 4.69) is 11.4 Å². The highest BCUT2D eigenvalue weighted by atomic mass is 35.5. The summed E-state index contributed by atoms with van der Waals surface area (Å²) in [5, 5.41) is 13.2. The van der Waals surface area contributed by atoms with Crippen molar-refractivity contribution in [2.45, 2.75) is 32.2 Å². The Bertz CT molecular complexity index is 402. The molecule has 1 aliphatic carbocycles. The Labute approximate surface area is 101 Å². The lowest BCUT2D eigenvalue weighted by atomic mass is 10.0. The van der Waals surface area contributed by atoms with E-state index in [9.17, 15) is 0 Å². The molecule has 2 atom stereocenters. The second-order valence-corrected chi connectivity index (χ2v) is 4.76. The van der Waals surface area contributed by atoms with Crippen molar-refractivity contribution in [3.63, 3.8) is 0 Å². The lowest BCUT2D eigenvalue weighted by Crippen LogP contribution is -2.23. The van der Waals surface area contributed by atoms with Crippen molar-refractivity contribution in [1.82, 2.24) is 0 Å². The fourth-order valence-corrected chi connectivity index (χ4v) is 2.56. The number of para-hydroxylation sites is 1. The summed E-state index contributed by atoms with van der Waals surface area (Å²) in [6, 6.07) is 8.48. The molecule has 3 heteroatoms. The van der Waals surface area contributed by atoms with Crippen molar-refractivity contribution in [3.8, 4) is 6.07 Å². The van der Waals surface area contributed by atoms with Crippen molar-refractivity contribution in [2.24, 2.45) is 5.92 Å². The van der Waals surface area contributed by atoms with Gasteiger partial charge in [-0.05, 0) is 37.8 Å². The van der Waals surface area contributed by atoms with E-state index in [0.29, 0.717) is 0 Å². The van der Waals surface area contributed by atoms with Crippen molar-refractivity contribution in [1.29, 1.82) is 5.26 Å². The van der Waals surface area contributed by atoms with Crippen LogP contribution in [0.5, 0.6) is 0 Å². The minimum Gasteiger partial charge on any atom is -0.380 e. The van der Waals surface area contributed by atoms with Gasteiger partial charge < -0.3 is 5.32 Å². The van der Waals surface area contributed by atoms with Crippen LogP contribution >= 0.6 is 11.6 Å². The molecule has 1 saturated carbocycles. The van der Waals surface area contributed by atoms with Crippen LogP contribution < -0.4 is 5.32 Å². The maximum Gasteiger partial charge on any atom is 0.0677 e. The summed E-state index contributed by atoms with van der Waals surface area (Å²) in [7, 11) is 0. The first kappa shape index (κ1) is 11.3. The number of halogens is 1. The molecule has 0 amide bonds. The number of nitrogens with zero attached hydrogens (tertiary/aromatic N) is 1. The smallest absolute Gasteiger partial charge is 0.0677 e. The molecule has 16 heavy (non-hydrogen) atoms. The summed E-state index contributed by atoms with van der Waals surface area (Å²) in [4.78, 5) is 0. The van der Waals surface area contributed by atoms with Crippen LogP contribution in [-0.4, -0.2) is 6.04 Å². The Kier molecular flexibility index (Phi) is 3.36. The number of benzene rings is 1. The predicted molar refractivity (Wildman–Crippen MR) is 66.6 cm³/mol.